The SMILES string of the molecule is CCC(C)C(NC(=O)C(Cc1ccccc1)NC(=O)C(CC(=O)O)NC(=O)C(N)C(C)C)C(=O)O. The predicted molar refractivity (Wildman–Crippen MR) is 128 cm³/mol. The van der Waals surface area contributed by atoms with Gasteiger partial charge < -0.3 is 31.9 Å². The maximum absolute atomic E-state index is 13.1. The van der Waals surface area contributed by atoms with Crippen LogP contribution in [0.3, 0.4) is 0 Å². The molecule has 11 nitrogen and oxygen atoms in total. The summed E-state index contributed by atoms with van der Waals surface area (Å²) in [6, 6.07) is 3.87. The second-order valence-corrected chi connectivity index (χ2v) is 8.89. The fourth-order valence-electron chi connectivity index (χ4n) is 3.22. The number of hydrogen-bond acceptors (Lipinski definition) is 6. The number of benzene rings is 1. The highest BCUT2D eigenvalue weighted by molar-refractivity contribution is 5.95. The average molecular weight is 493 g/mol. The highest BCUT2D eigenvalue weighted by Gasteiger charge is 2.33. The molecule has 0 fully saturated rings. The van der Waals surface area contributed by atoms with Crippen molar-refractivity contribution in [3.8, 4) is 0 Å². The molecule has 0 heterocycles. The molecule has 0 radical (unpaired) electrons. The molecule has 1 aromatic carbocycles. The Morgan fingerprint density at radius 3 is 1.89 bits per heavy atom. The van der Waals surface area contributed by atoms with E-state index in [2.05, 4.69) is 16.0 Å². The van der Waals surface area contributed by atoms with E-state index in [-0.39, 0.29) is 18.3 Å². The number of rotatable bonds is 14. The third-order valence-electron chi connectivity index (χ3n) is 5.73. The summed E-state index contributed by atoms with van der Waals surface area (Å²) in [5, 5.41) is 26.1. The molecule has 7 N–H and O–H groups in total. The van der Waals surface area contributed by atoms with Gasteiger partial charge in [-0.3, -0.25) is 19.2 Å². The zero-order valence-corrected chi connectivity index (χ0v) is 20.5. The van der Waals surface area contributed by atoms with Crippen LogP contribution in [-0.4, -0.2) is 64.0 Å². The largest absolute Gasteiger partial charge is 0.481 e. The maximum atomic E-state index is 13.1. The summed E-state index contributed by atoms with van der Waals surface area (Å²) in [4.78, 5) is 61.4. The monoisotopic (exact) mass is 492 g/mol. The molecule has 0 saturated heterocycles. The highest BCUT2D eigenvalue weighted by atomic mass is 16.4. The third-order valence-corrected chi connectivity index (χ3v) is 5.73. The second kappa shape index (κ2) is 14.1. The van der Waals surface area contributed by atoms with Crippen LogP contribution in [0.4, 0.5) is 0 Å². The van der Waals surface area contributed by atoms with Crippen molar-refractivity contribution in [2.45, 2.75) is 71.1 Å². The topological polar surface area (TPSA) is 188 Å². The molecule has 1 rings (SSSR count). The van der Waals surface area contributed by atoms with Crippen LogP contribution >= 0.6 is 0 Å². The van der Waals surface area contributed by atoms with E-state index in [0.29, 0.717) is 12.0 Å². The van der Waals surface area contributed by atoms with Crippen LogP contribution in [0.5, 0.6) is 0 Å². The van der Waals surface area contributed by atoms with E-state index in [4.69, 9.17) is 5.73 Å². The molecule has 35 heavy (non-hydrogen) atoms. The molecular formula is C24H36N4O7. The van der Waals surface area contributed by atoms with Gasteiger partial charge in [-0.05, 0) is 17.4 Å². The van der Waals surface area contributed by atoms with Crippen molar-refractivity contribution < 1.29 is 34.2 Å². The van der Waals surface area contributed by atoms with E-state index < -0.39 is 60.2 Å². The average Bonchev–Trinajstić information content (AvgIpc) is 2.80. The molecule has 0 aliphatic carbocycles. The van der Waals surface area contributed by atoms with E-state index in [0.717, 1.165) is 0 Å². The lowest BCUT2D eigenvalue weighted by Gasteiger charge is -2.26. The molecule has 1 aromatic rings. The van der Waals surface area contributed by atoms with Crippen molar-refractivity contribution in [1.82, 2.24) is 16.0 Å². The normalized spacial score (nSPS) is 15.3. The van der Waals surface area contributed by atoms with E-state index in [1.54, 1.807) is 58.0 Å². The molecule has 0 saturated carbocycles. The number of nitrogens with two attached hydrogens (primary N) is 1. The molecule has 0 bridgehead atoms. The molecule has 194 valence electrons. The lowest BCUT2D eigenvalue weighted by Crippen LogP contribution is -2.58. The minimum Gasteiger partial charge on any atom is -0.481 e. The van der Waals surface area contributed by atoms with Gasteiger partial charge in [-0.15, -0.1) is 0 Å². The van der Waals surface area contributed by atoms with Gasteiger partial charge in [0.15, 0.2) is 0 Å². The van der Waals surface area contributed by atoms with Crippen molar-refractivity contribution in [1.29, 1.82) is 0 Å². The van der Waals surface area contributed by atoms with Gasteiger partial charge in [0, 0.05) is 6.42 Å². The Labute approximate surface area is 204 Å². The third kappa shape index (κ3) is 9.73. The first-order chi connectivity index (χ1) is 16.4. The number of carboxylic acids is 2. The van der Waals surface area contributed by atoms with Crippen LogP contribution in [0.2, 0.25) is 0 Å². The van der Waals surface area contributed by atoms with Crippen molar-refractivity contribution in [2.24, 2.45) is 17.6 Å². The molecule has 0 aliphatic heterocycles. The minimum atomic E-state index is -1.49. The van der Waals surface area contributed by atoms with E-state index in [1.807, 2.05) is 0 Å². The second-order valence-electron chi connectivity index (χ2n) is 8.89. The standard InChI is InChI=1S/C24H36N4O7/c1-5-14(4)20(24(34)35)28-22(32)16(11-15-9-7-6-8-10-15)26-21(31)17(12-18(29)30)27-23(33)19(25)13(2)3/h6-10,13-14,16-17,19-20H,5,11-12,25H2,1-4H3,(H,26,31)(H,27,33)(H,28,32)(H,29,30)(H,34,35). The summed E-state index contributed by atoms with van der Waals surface area (Å²) in [5.74, 6) is -5.52. The molecular weight excluding hydrogens is 456 g/mol. The summed E-state index contributed by atoms with van der Waals surface area (Å²) >= 11 is 0. The Morgan fingerprint density at radius 2 is 1.40 bits per heavy atom. The quantitative estimate of drug-likeness (QED) is 0.213. The van der Waals surface area contributed by atoms with Gasteiger partial charge in [0.05, 0.1) is 12.5 Å². The van der Waals surface area contributed by atoms with Gasteiger partial charge in [0.2, 0.25) is 17.7 Å². The van der Waals surface area contributed by atoms with Crippen LogP contribution in [0.1, 0.15) is 46.1 Å². The number of carboxylic acid groups (broad SMARTS) is 2. The van der Waals surface area contributed by atoms with E-state index >= 15 is 0 Å². The van der Waals surface area contributed by atoms with Crippen LogP contribution in [0.15, 0.2) is 30.3 Å². The lowest BCUT2D eigenvalue weighted by molar-refractivity contribution is -0.144. The van der Waals surface area contributed by atoms with E-state index in [9.17, 15) is 34.2 Å². The lowest BCUT2D eigenvalue weighted by atomic mass is 9.98. The zero-order chi connectivity index (χ0) is 26.7. The molecule has 5 unspecified atom stereocenters. The van der Waals surface area contributed by atoms with Gasteiger partial charge in [-0.1, -0.05) is 64.4 Å². The number of carbonyl (C=O) groups excluding carboxylic acids is 3. The van der Waals surface area contributed by atoms with Crippen molar-refractivity contribution in [3.63, 3.8) is 0 Å². The highest BCUT2D eigenvalue weighted by Crippen LogP contribution is 2.10. The van der Waals surface area contributed by atoms with Crippen LogP contribution in [-0.2, 0) is 30.4 Å². The number of hydrogen-bond donors (Lipinski definition) is 6. The summed E-state index contributed by atoms with van der Waals surface area (Å²) in [5.41, 5.74) is 6.49. The maximum Gasteiger partial charge on any atom is 0.326 e. The molecule has 0 spiro atoms. The van der Waals surface area contributed by atoms with Crippen molar-refractivity contribution >= 4 is 29.7 Å². The van der Waals surface area contributed by atoms with Crippen LogP contribution in [0, 0.1) is 11.8 Å². The van der Waals surface area contributed by atoms with Gasteiger partial charge in [0.1, 0.15) is 18.1 Å². The first kappa shape index (κ1) is 29.6. The minimum absolute atomic E-state index is 0.0184. The molecule has 11 heteroatoms. The Bertz CT molecular complexity index is 891. The van der Waals surface area contributed by atoms with E-state index in [1.165, 1.54) is 0 Å². The fourth-order valence-corrected chi connectivity index (χ4v) is 3.22. The summed E-state index contributed by atoms with van der Waals surface area (Å²) in [7, 11) is 0. The van der Waals surface area contributed by atoms with Crippen LogP contribution < -0.4 is 21.7 Å². The Balaban J connectivity index is 3.17. The number of nitrogens with one attached hydrogen (secondary N) is 3. The number of carbonyl (C=O) groups is 5. The zero-order valence-electron chi connectivity index (χ0n) is 20.5. The van der Waals surface area contributed by atoms with Gasteiger partial charge >= 0.3 is 11.9 Å². The fraction of sp³-hybridized carbons (Fsp3) is 0.542. The van der Waals surface area contributed by atoms with Gasteiger partial charge in [-0.2, -0.15) is 0 Å². The summed E-state index contributed by atoms with van der Waals surface area (Å²) < 4.78 is 0. The number of amides is 3. The molecule has 5 atom stereocenters. The smallest absolute Gasteiger partial charge is 0.326 e. The van der Waals surface area contributed by atoms with Crippen molar-refractivity contribution in [3.05, 3.63) is 35.9 Å². The van der Waals surface area contributed by atoms with Gasteiger partial charge in [-0.25, -0.2) is 4.79 Å². The van der Waals surface area contributed by atoms with Gasteiger partial charge in [0.25, 0.3) is 0 Å². The predicted octanol–water partition coefficient (Wildman–Crippen LogP) is 0.272. The number of aliphatic carboxylic acids is 2. The Hall–Kier alpha value is -3.47. The molecule has 3 amide bonds. The summed E-state index contributed by atoms with van der Waals surface area (Å²) in [6.45, 7) is 6.87. The first-order valence-corrected chi connectivity index (χ1v) is 11.5. The Morgan fingerprint density at radius 1 is 0.857 bits per heavy atom. The van der Waals surface area contributed by atoms with Crippen LogP contribution in [0.25, 0.3) is 0 Å². The summed E-state index contributed by atoms with van der Waals surface area (Å²) in [6.07, 6.45) is -0.215. The first-order valence-electron chi connectivity index (χ1n) is 11.5. The van der Waals surface area contributed by atoms with Crippen molar-refractivity contribution in [2.75, 3.05) is 0 Å². The molecule has 0 aliphatic rings. The molecule has 0 aromatic heterocycles. The Kier molecular flexibility index (Phi) is 11.9.